The number of nitrogens with one attached hydrogen (secondary N) is 1. The first-order valence-electron chi connectivity index (χ1n) is 9.95. The van der Waals surface area contributed by atoms with Crippen molar-refractivity contribution < 1.29 is 9.66 Å². The van der Waals surface area contributed by atoms with Crippen molar-refractivity contribution in [2.45, 2.75) is 19.3 Å². The molecule has 0 bridgehead atoms. The molecule has 150 valence electrons. The molecule has 7 heteroatoms. The van der Waals surface area contributed by atoms with Gasteiger partial charge in [0.2, 0.25) is 0 Å². The summed E-state index contributed by atoms with van der Waals surface area (Å²) in [4.78, 5) is 13.5. The number of rotatable bonds is 7. The van der Waals surface area contributed by atoms with Gasteiger partial charge in [0.1, 0.15) is 6.61 Å². The molecule has 1 aromatic heterocycles. The van der Waals surface area contributed by atoms with Gasteiger partial charge in [-0.3, -0.25) is 20.1 Å². The van der Waals surface area contributed by atoms with Crippen LogP contribution in [-0.4, -0.2) is 46.3 Å². The van der Waals surface area contributed by atoms with Gasteiger partial charge in [-0.25, -0.2) is 0 Å². The van der Waals surface area contributed by atoms with Crippen molar-refractivity contribution in [3.05, 3.63) is 63.8 Å². The fourth-order valence-corrected chi connectivity index (χ4v) is 3.66. The van der Waals surface area contributed by atoms with Crippen molar-refractivity contribution in [3.8, 4) is 5.75 Å². The van der Waals surface area contributed by atoms with Crippen LogP contribution < -0.4 is 4.74 Å². The lowest BCUT2D eigenvalue weighted by atomic mass is 10.1. The second-order valence-electron chi connectivity index (χ2n) is 7.22. The van der Waals surface area contributed by atoms with E-state index < -0.39 is 4.92 Å². The highest BCUT2D eigenvalue weighted by Gasteiger charge is 2.16. The van der Waals surface area contributed by atoms with E-state index in [1.54, 1.807) is 12.1 Å². The average Bonchev–Trinajstić information content (AvgIpc) is 3.16. The molecule has 2 aromatic carbocycles. The number of benzene rings is 2. The van der Waals surface area contributed by atoms with Crippen LogP contribution in [0.25, 0.3) is 23.1 Å². The third kappa shape index (κ3) is 4.63. The lowest BCUT2D eigenvalue weighted by molar-refractivity contribution is -0.385. The van der Waals surface area contributed by atoms with E-state index in [-0.39, 0.29) is 5.69 Å². The average molecular weight is 392 g/mol. The Bertz CT molecular complexity index is 1020. The van der Waals surface area contributed by atoms with Gasteiger partial charge in [-0.2, -0.15) is 5.10 Å². The van der Waals surface area contributed by atoms with Crippen molar-refractivity contribution in [3.63, 3.8) is 0 Å². The Balaban J connectivity index is 1.46. The molecule has 0 unspecified atom stereocenters. The number of aromatic nitrogens is 2. The van der Waals surface area contributed by atoms with E-state index in [0.29, 0.717) is 12.4 Å². The maximum absolute atomic E-state index is 11.5. The first-order chi connectivity index (χ1) is 14.2. The summed E-state index contributed by atoms with van der Waals surface area (Å²) in [5, 5.41) is 19.8. The van der Waals surface area contributed by atoms with Crippen LogP contribution in [0.15, 0.2) is 42.5 Å². The number of hydrogen-bond donors (Lipinski definition) is 1. The van der Waals surface area contributed by atoms with Crippen LogP contribution in [0, 0.1) is 10.1 Å². The van der Waals surface area contributed by atoms with Gasteiger partial charge in [0.05, 0.1) is 16.1 Å². The zero-order valence-corrected chi connectivity index (χ0v) is 16.2. The van der Waals surface area contributed by atoms with Crippen molar-refractivity contribution >= 4 is 28.7 Å². The molecule has 1 fully saturated rings. The smallest absolute Gasteiger partial charge is 0.311 e. The minimum atomic E-state index is -0.391. The van der Waals surface area contributed by atoms with Gasteiger partial charge in [-0.15, -0.1) is 0 Å². The van der Waals surface area contributed by atoms with Crippen LogP contribution in [0.4, 0.5) is 5.69 Å². The second-order valence-corrected chi connectivity index (χ2v) is 7.22. The number of nitro groups is 1. The van der Waals surface area contributed by atoms with Gasteiger partial charge in [0.25, 0.3) is 0 Å². The number of nitro benzene ring substituents is 1. The Morgan fingerprint density at radius 3 is 2.79 bits per heavy atom. The molecule has 0 spiro atoms. The molecule has 3 aromatic rings. The molecule has 1 saturated heterocycles. The fraction of sp³-hybridized carbons (Fsp3) is 0.318. The third-order valence-corrected chi connectivity index (χ3v) is 5.23. The SMILES string of the molecule is O=[N+]([O-])c1cc(C=Cc2n[nH]c3ccccc23)ccc1OCCN1CCCCC1. The number of aromatic amines is 1. The number of H-pyrrole nitrogens is 1. The summed E-state index contributed by atoms with van der Waals surface area (Å²) in [6.45, 7) is 3.41. The summed E-state index contributed by atoms with van der Waals surface area (Å²) >= 11 is 0. The van der Waals surface area contributed by atoms with Gasteiger partial charge < -0.3 is 4.74 Å². The summed E-state index contributed by atoms with van der Waals surface area (Å²) in [6, 6.07) is 12.9. The van der Waals surface area contributed by atoms with Crippen LogP contribution >= 0.6 is 0 Å². The van der Waals surface area contributed by atoms with E-state index >= 15 is 0 Å². The number of piperidine rings is 1. The summed E-state index contributed by atoms with van der Waals surface area (Å²) < 4.78 is 5.74. The van der Waals surface area contributed by atoms with Crippen LogP contribution in [-0.2, 0) is 0 Å². The Hall–Kier alpha value is -3.19. The Kier molecular flexibility index (Phi) is 5.86. The molecule has 0 saturated carbocycles. The number of likely N-dealkylation sites (tertiary alicyclic amines) is 1. The molecule has 4 rings (SSSR count). The van der Waals surface area contributed by atoms with Crippen LogP contribution in [0.2, 0.25) is 0 Å². The highest BCUT2D eigenvalue weighted by atomic mass is 16.6. The standard InChI is InChI=1S/C22H24N4O3/c27-26(28)21-16-17(8-10-20-18-6-2-3-7-19(18)23-24-20)9-11-22(21)29-15-14-25-12-4-1-5-13-25/h2-3,6-11,16H,1,4-5,12-15H2,(H,23,24). The number of nitrogens with zero attached hydrogens (tertiary/aromatic N) is 3. The molecule has 7 nitrogen and oxygen atoms in total. The van der Waals surface area contributed by atoms with E-state index in [2.05, 4.69) is 15.1 Å². The van der Waals surface area contributed by atoms with Gasteiger partial charge in [0, 0.05) is 18.0 Å². The molecule has 1 N–H and O–H groups in total. The molecule has 0 atom stereocenters. The Morgan fingerprint density at radius 1 is 1.14 bits per heavy atom. The zero-order chi connectivity index (χ0) is 20.1. The molecular formula is C22H24N4O3. The lowest BCUT2D eigenvalue weighted by Crippen LogP contribution is -2.33. The van der Waals surface area contributed by atoms with Crippen molar-refractivity contribution in [2.24, 2.45) is 0 Å². The van der Waals surface area contributed by atoms with Gasteiger partial charge in [0.15, 0.2) is 5.75 Å². The molecule has 0 radical (unpaired) electrons. The number of fused-ring (bicyclic) bond motifs is 1. The molecule has 0 aliphatic carbocycles. The molecule has 1 aliphatic rings. The monoisotopic (exact) mass is 392 g/mol. The van der Waals surface area contributed by atoms with E-state index in [1.165, 1.54) is 19.3 Å². The van der Waals surface area contributed by atoms with Crippen molar-refractivity contribution in [2.75, 3.05) is 26.2 Å². The third-order valence-electron chi connectivity index (χ3n) is 5.23. The number of para-hydroxylation sites is 1. The zero-order valence-electron chi connectivity index (χ0n) is 16.2. The largest absolute Gasteiger partial charge is 0.485 e. The minimum Gasteiger partial charge on any atom is -0.485 e. The van der Waals surface area contributed by atoms with Gasteiger partial charge in [-0.1, -0.05) is 36.8 Å². The molecular weight excluding hydrogens is 368 g/mol. The maximum atomic E-state index is 11.5. The van der Waals surface area contributed by atoms with Crippen LogP contribution in [0.3, 0.4) is 0 Å². The summed E-state index contributed by atoms with van der Waals surface area (Å²) in [7, 11) is 0. The van der Waals surface area contributed by atoms with E-state index in [0.717, 1.165) is 41.8 Å². The summed E-state index contributed by atoms with van der Waals surface area (Å²) in [5.41, 5.74) is 2.46. The first-order valence-corrected chi connectivity index (χ1v) is 9.95. The Labute approximate surface area is 169 Å². The van der Waals surface area contributed by atoms with Crippen LogP contribution in [0.5, 0.6) is 5.75 Å². The Morgan fingerprint density at radius 2 is 1.97 bits per heavy atom. The first kappa shape index (κ1) is 19.1. The molecule has 29 heavy (non-hydrogen) atoms. The highest BCUT2D eigenvalue weighted by Crippen LogP contribution is 2.29. The second kappa shape index (κ2) is 8.87. The van der Waals surface area contributed by atoms with Gasteiger partial charge >= 0.3 is 5.69 Å². The lowest BCUT2D eigenvalue weighted by Gasteiger charge is -2.26. The van der Waals surface area contributed by atoms with E-state index in [9.17, 15) is 10.1 Å². The number of hydrogen-bond acceptors (Lipinski definition) is 5. The van der Waals surface area contributed by atoms with E-state index in [4.69, 9.17) is 4.74 Å². The molecule has 2 heterocycles. The predicted molar refractivity (Wildman–Crippen MR) is 114 cm³/mol. The van der Waals surface area contributed by atoms with Crippen molar-refractivity contribution in [1.29, 1.82) is 0 Å². The summed E-state index contributed by atoms with van der Waals surface area (Å²) in [6.07, 6.45) is 7.40. The quantitative estimate of drug-likeness (QED) is 0.472. The number of ether oxygens (including phenoxy) is 1. The molecule has 0 amide bonds. The minimum absolute atomic E-state index is 0.0160. The summed E-state index contributed by atoms with van der Waals surface area (Å²) in [5.74, 6) is 0.314. The topological polar surface area (TPSA) is 84.3 Å². The van der Waals surface area contributed by atoms with Gasteiger partial charge in [-0.05, 0) is 49.7 Å². The highest BCUT2D eigenvalue weighted by molar-refractivity contribution is 5.89. The van der Waals surface area contributed by atoms with Crippen LogP contribution in [0.1, 0.15) is 30.5 Å². The predicted octanol–water partition coefficient (Wildman–Crippen LogP) is 4.51. The molecule has 1 aliphatic heterocycles. The normalized spacial score (nSPS) is 15.2. The van der Waals surface area contributed by atoms with E-state index in [1.807, 2.05) is 42.5 Å². The van der Waals surface area contributed by atoms with Crippen molar-refractivity contribution in [1.82, 2.24) is 15.1 Å². The maximum Gasteiger partial charge on any atom is 0.311 e. The fourth-order valence-electron chi connectivity index (χ4n) is 3.66.